The van der Waals surface area contributed by atoms with Gasteiger partial charge < -0.3 is 0 Å². The number of hydrogen-bond acceptors (Lipinski definition) is 6. The van der Waals surface area contributed by atoms with Crippen molar-refractivity contribution in [1.82, 2.24) is 13.7 Å². The van der Waals surface area contributed by atoms with Gasteiger partial charge in [-0.3, -0.25) is 14.4 Å². The topological polar surface area (TPSA) is 263 Å². The van der Waals surface area contributed by atoms with Crippen LogP contribution in [0.5, 0.6) is 0 Å². The van der Waals surface area contributed by atoms with Crippen molar-refractivity contribution in [3.63, 3.8) is 0 Å². The molecule has 0 atom stereocenters. The second-order valence-corrected chi connectivity index (χ2v) is 5.30. The first kappa shape index (κ1) is 23.4. The summed E-state index contributed by atoms with van der Waals surface area (Å²) in [7, 11) is 0. The highest BCUT2D eigenvalue weighted by molar-refractivity contribution is 5.77. The van der Waals surface area contributed by atoms with Gasteiger partial charge in [0.15, 0.2) is 0 Å². The summed E-state index contributed by atoms with van der Waals surface area (Å²) in [6, 6.07) is 0. The fourth-order valence-electron chi connectivity index (χ4n) is 2.18. The third kappa shape index (κ3) is 6.21. The lowest BCUT2D eigenvalue weighted by molar-refractivity contribution is -0.118. The van der Waals surface area contributed by atoms with Crippen LogP contribution in [0.4, 0.5) is 0 Å². The number of rotatable bonds is 9. The lowest BCUT2D eigenvalue weighted by atomic mass is 10.4. The number of carbonyl (C=O) groups is 3. The lowest BCUT2D eigenvalue weighted by Crippen LogP contribution is -2.55. The molecule has 156 valence electrons. The van der Waals surface area contributed by atoms with Crippen LogP contribution in [0.15, 0.2) is 29.7 Å². The van der Waals surface area contributed by atoms with E-state index in [2.05, 4.69) is 30.1 Å². The molecule has 0 aromatic carbocycles. The molecule has 0 unspecified atom stereocenters. The molecule has 3 amide bonds. The molecule has 1 rings (SSSR count). The molecule has 0 saturated heterocycles. The van der Waals surface area contributed by atoms with Crippen molar-refractivity contribution in [1.29, 1.82) is 0 Å². The number of aromatic nitrogens is 3. The second kappa shape index (κ2) is 11.3. The highest BCUT2D eigenvalue weighted by Gasteiger charge is 2.17. The molecule has 0 radical (unpaired) electrons. The predicted octanol–water partition coefficient (Wildman–Crippen LogP) is -0.147. The molecule has 0 fully saturated rings. The SMILES string of the molecule is [N-]=[N+]=NC(=O)CCn1c(=O)n(CCC(=O)N=[N+]=[N-])c(=O)n(CCC(=O)N=[N+]=[N-])c1=O. The molecule has 30 heavy (non-hydrogen) atoms. The maximum atomic E-state index is 12.5. The standard InChI is InChI=1S/C12H12N12O6/c13-19-16-7(25)1-4-22-10(28)23(5-2-8(26)17-20-14)12(30)24(11(22)29)6-3-9(27)18-21-15/h1-6H2. The monoisotopic (exact) mass is 420 g/mol. The smallest absolute Gasteiger partial charge is 0.293 e. The Hall–Kier alpha value is -4.65. The van der Waals surface area contributed by atoms with Crippen molar-refractivity contribution >= 4 is 17.7 Å². The van der Waals surface area contributed by atoms with Crippen molar-refractivity contribution in [3.8, 4) is 0 Å². The van der Waals surface area contributed by atoms with Gasteiger partial charge >= 0.3 is 17.1 Å². The summed E-state index contributed by atoms with van der Waals surface area (Å²) in [5.41, 5.74) is 21.1. The average Bonchev–Trinajstić information content (AvgIpc) is 2.68. The zero-order chi connectivity index (χ0) is 22.7. The highest BCUT2D eigenvalue weighted by Crippen LogP contribution is 1.93. The quantitative estimate of drug-likeness (QED) is 0.297. The van der Waals surface area contributed by atoms with E-state index < -0.39 is 73.7 Å². The average molecular weight is 420 g/mol. The van der Waals surface area contributed by atoms with Gasteiger partial charge in [0.05, 0.1) is 0 Å². The van der Waals surface area contributed by atoms with Gasteiger partial charge in [-0.15, -0.1) is 0 Å². The molecule has 1 aromatic rings. The molecule has 0 spiro atoms. The first-order valence-corrected chi connectivity index (χ1v) is 7.95. The lowest BCUT2D eigenvalue weighted by Gasteiger charge is -2.12. The van der Waals surface area contributed by atoms with Crippen LogP contribution in [0.25, 0.3) is 31.3 Å². The summed E-state index contributed by atoms with van der Waals surface area (Å²) in [5.74, 6) is -2.94. The molecule has 0 aliphatic heterocycles. The molecular weight excluding hydrogens is 408 g/mol. The number of azide groups is 3. The largest absolute Gasteiger partial charge is 0.336 e. The zero-order valence-electron chi connectivity index (χ0n) is 15.1. The Kier molecular flexibility index (Phi) is 8.77. The third-order valence-corrected chi connectivity index (χ3v) is 3.50. The van der Waals surface area contributed by atoms with Crippen molar-refractivity contribution < 1.29 is 14.4 Å². The van der Waals surface area contributed by atoms with E-state index in [9.17, 15) is 28.8 Å². The highest BCUT2D eigenvalue weighted by atomic mass is 16.2. The molecule has 0 N–H and O–H groups in total. The fraction of sp³-hybridized carbons (Fsp3) is 0.500. The van der Waals surface area contributed by atoms with Crippen molar-refractivity contribution in [3.05, 3.63) is 62.8 Å². The normalized spacial score (nSPS) is 9.60. The van der Waals surface area contributed by atoms with E-state index in [1.54, 1.807) is 0 Å². The minimum atomic E-state index is -1.18. The van der Waals surface area contributed by atoms with Gasteiger partial charge in [0.1, 0.15) is 0 Å². The van der Waals surface area contributed by atoms with Crippen LogP contribution < -0.4 is 17.1 Å². The van der Waals surface area contributed by atoms with E-state index in [0.29, 0.717) is 13.7 Å². The third-order valence-electron chi connectivity index (χ3n) is 3.50. The Labute approximate surface area is 163 Å². The van der Waals surface area contributed by atoms with Gasteiger partial charge in [0.25, 0.3) is 0 Å². The first-order valence-electron chi connectivity index (χ1n) is 7.95. The van der Waals surface area contributed by atoms with E-state index in [0.717, 1.165) is 0 Å². The van der Waals surface area contributed by atoms with E-state index >= 15 is 0 Å². The summed E-state index contributed by atoms with van der Waals surface area (Å²) in [6.45, 7) is -1.70. The van der Waals surface area contributed by atoms with Crippen LogP contribution in [-0.2, 0) is 34.0 Å². The van der Waals surface area contributed by atoms with Crippen LogP contribution in [0.2, 0.25) is 0 Å². The Morgan fingerprint density at radius 3 is 1.03 bits per heavy atom. The fourth-order valence-corrected chi connectivity index (χ4v) is 2.18. The zero-order valence-corrected chi connectivity index (χ0v) is 15.1. The molecule has 1 heterocycles. The van der Waals surface area contributed by atoms with Crippen LogP contribution in [0.3, 0.4) is 0 Å². The number of hydrogen-bond donors (Lipinski definition) is 0. The number of carbonyl (C=O) groups excluding carboxylic acids is 3. The molecule has 0 saturated carbocycles. The minimum absolute atomic E-state index is 0.474. The number of nitrogens with zero attached hydrogens (tertiary/aromatic N) is 12. The van der Waals surface area contributed by atoms with Gasteiger partial charge in [-0.25, -0.2) is 28.1 Å². The first-order chi connectivity index (χ1) is 14.3. The number of amides is 3. The Morgan fingerprint density at radius 2 is 0.833 bits per heavy atom. The van der Waals surface area contributed by atoms with Crippen molar-refractivity contribution in [2.75, 3.05) is 0 Å². The van der Waals surface area contributed by atoms with Gasteiger partial charge in [-0.2, -0.15) is 0 Å². The summed E-state index contributed by atoms with van der Waals surface area (Å²) < 4.78 is 1.42. The van der Waals surface area contributed by atoms with Gasteiger partial charge in [0, 0.05) is 53.6 Å². The Bertz CT molecular complexity index is 1010. The van der Waals surface area contributed by atoms with Gasteiger partial charge in [-0.05, 0) is 31.9 Å². The summed E-state index contributed by atoms with van der Waals surface area (Å²) in [6.07, 6.45) is -1.65. The Balaban J connectivity index is 3.45. The second-order valence-electron chi connectivity index (χ2n) is 5.30. The van der Waals surface area contributed by atoms with Crippen LogP contribution in [0, 0.1) is 0 Å². The molecule has 0 aliphatic carbocycles. The van der Waals surface area contributed by atoms with E-state index in [1.807, 2.05) is 0 Å². The summed E-state index contributed by atoms with van der Waals surface area (Å²) in [5, 5.41) is 8.36. The minimum Gasteiger partial charge on any atom is -0.293 e. The van der Waals surface area contributed by atoms with Gasteiger partial charge in [0.2, 0.25) is 17.7 Å². The van der Waals surface area contributed by atoms with E-state index in [4.69, 9.17) is 16.6 Å². The van der Waals surface area contributed by atoms with Crippen LogP contribution in [-0.4, -0.2) is 31.4 Å². The van der Waals surface area contributed by atoms with E-state index in [1.165, 1.54) is 0 Å². The summed E-state index contributed by atoms with van der Waals surface area (Å²) in [4.78, 5) is 78.4. The summed E-state index contributed by atoms with van der Waals surface area (Å²) >= 11 is 0. The van der Waals surface area contributed by atoms with Crippen molar-refractivity contribution in [2.24, 2.45) is 15.3 Å². The van der Waals surface area contributed by atoms with Crippen LogP contribution in [0.1, 0.15) is 19.3 Å². The Morgan fingerprint density at radius 1 is 0.600 bits per heavy atom. The maximum absolute atomic E-state index is 12.5. The molecular formula is C12H12N12O6. The van der Waals surface area contributed by atoms with Gasteiger partial charge in [-0.1, -0.05) is 0 Å². The van der Waals surface area contributed by atoms with Crippen LogP contribution >= 0.6 is 0 Å². The molecule has 18 heteroatoms. The molecule has 0 bridgehead atoms. The van der Waals surface area contributed by atoms with E-state index in [-0.39, 0.29) is 0 Å². The molecule has 18 nitrogen and oxygen atoms in total. The molecule has 0 aliphatic rings. The molecule has 1 aromatic heterocycles. The maximum Gasteiger partial charge on any atom is 0.336 e. The van der Waals surface area contributed by atoms with Crippen molar-refractivity contribution in [2.45, 2.75) is 38.9 Å². The predicted molar refractivity (Wildman–Crippen MR) is 95.5 cm³/mol.